The van der Waals surface area contributed by atoms with Crippen LogP contribution in [0.5, 0.6) is 0 Å². The summed E-state index contributed by atoms with van der Waals surface area (Å²) in [5, 5.41) is 1.02. The highest BCUT2D eigenvalue weighted by Crippen LogP contribution is 2.36. The number of carbonyl (C=O) groups is 1. The number of nitrogens with zero attached hydrogens (tertiary/aromatic N) is 3. The van der Waals surface area contributed by atoms with Crippen LogP contribution in [0.15, 0.2) is 24.4 Å². The molecule has 0 radical (unpaired) electrons. The van der Waals surface area contributed by atoms with Gasteiger partial charge in [0.05, 0.1) is 12.7 Å². The number of halogens is 5. The van der Waals surface area contributed by atoms with Crippen molar-refractivity contribution in [1.82, 2.24) is 19.8 Å². The molecule has 2 aromatic rings. The number of imidazole rings is 1. The van der Waals surface area contributed by atoms with Gasteiger partial charge >= 0.3 is 6.18 Å². The molecule has 5 nitrogen and oxygen atoms in total. The molecule has 1 aromatic heterocycles. The Morgan fingerprint density at radius 3 is 2.54 bits per heavy atom. The Morgan fingerprint density at radius 1 is 1.18 bits per heavy atom. The molecule has 0 aliphatic carbocycles. The number of nitrogens with one attached hydrogen (secondary N) is 1. The second-order valence-electron chi connectivity index (χ2n) is 7.06. The van der Waals surface area contributed by atoms with E-state index in [9.17, 15) is 18.0 Å². The summed E-state index contributed by atoms with van der Waals surface area (Å²) in [6, 6.07) is 5.14. The molecule has 3 heterocycles. The van der Waals surface area contributed by atoms with E-state index in [-0.39, 0.29) is 30.4 Å². The van der Waals surface area contributed by atoms with Crippen molar-refractivity contribution in [1.29, 1.82) is 0 Å². The average Bonchev–Trinajstić information content (AvgIpc) is 3.29. The van der Waals surface area contributed by atoms with Crippen LogP contribution in [0.4, 0.5) is 13.2 Å². The van der Waals surface area contributed by atoms with E-state index < -0.39 is 11.9 Å². The Hall–Kier alpha value is -1.77. The number of likely N-dealkylation sites (tertiary alicyclic amines) is 2. The first-order valence-electron chi connectivity index (χ1n) is 8.81. The minimum absolute atomic E-state index is 0.00823. The molecule has 1 amide bonds. The molecule has 1 N–H and O–H groups in total. The molecular formula is C18H17Cl2F3N4O. The second-order valence-corrected chi connectivity index (χ2v) is 7.88. The van der Waals surface area contributed by atoms with Gasteiger partial charge in [-0.1, -0.05) is 29.3 Å². The quantitative estimate of drug-likeness (QED) is 0.790. The van der Waals surface area contributed by atoms with E-state index in [1.165, 1.54) is 0 Å². The zero-order valence-corrected chi connectivity index (χ0v) is 16.2. The number of H-pyrrole nitrogens is 1. The molecule has 2 fully saturated rings. The Kier molecular flexibility index (Phi) is 5.05. The van der Waals surface area contributed by atoms with Crippen LogP contribution in [0.1, 0.15) is 29.9 Å². The molecule has 28 heavy (non-hydrogen) atoms. The SMILES string of the molecule is O=C1C[C@H]2[C@H](CCN2Cc2ncc(C(F)(F)F)[nH]2)N1Cc1c(Cl)cccc1Cl. The number of fused-ring (bicyclic) bond motifs is 1. The van der Waals surface area contributed by atoms with Crippen LogP contribution in [-0.4, -0.2) is 44.3 Å². The first kappa shape index (κ1) is 19.5. The lowest BCUT2D eigenvalue weighted by Crippen LogP contribution is -2.37. The number of alkyl halides is 3. The predicted molar refractivity (Wildman–Crippen MR) is 97.8 cm³/mol. The molecule has 0 saturated carbocycles. The Labute approximate surface area is 169 Å². The lowest BCUT2D eigenvalue weighted by atomic mass is 10.1. The maximum absolute atomic E-state index is 12.7. The molecule has 0 spiro atoms. The highest BCUT2D eigenvalue weighted by Gasteiger charge is 2.47. The topological polar surface area (TPSA) is 52.2 Å². The van der Waals surface area contributed by atoms with Gasteiger partial charge in [-0.15, -0.1) is 0 Å². The van der Waals surface area contributed by atoms with Gasteiger partial charge in [0, 0.05) is 47.2 Å². The molecule has 4 rings (SSSR count). The highest BCUT2D eigenvalue weighted by molar-refractivity contribution is 6.36. The van der Waals surface area contributed by atoms with E-state index in [0.29, 0.717) is 35.1 Å². The monoisotopic (exact) mass is 432 g/mol. The van der Waals surface area contributed by atoms with Crippen molar-refractivity contribution in [2.75, 3.05) is 6.54 Å². The van der Waals surface area contributed by atoms with Gasteiger partial charge in [0.15, 0.2) is 0 Å². The first-order chi connectivity index (χ1) is 13.2. The van der Waals surface area contributed by atoms with Crippen molar-refractivity contribution in [2.24, 2.45) is 0 Å². The molecule has 2 aliphatic rings. The maximum Gasteiger partial charge on any atom is 0.432 e. The standard InChI is InChI=1S/C18H17Cl2F3N4O/c19-11-2-1-3-12(20)10(11)8-27-13-4-5-26(14(13)6-17(27)28)9-16-24-7-15(25-16)18(21,22)23/h1-3,7,13-14H,4-6,8-9H2,(H,24,25)/t13-,14-/m0/s1. The summed E-state index contributed by atoms with van der Waals surface area (Å²) in [5.74, 6) is 0.235. The number of benzene rings is 1. The number of aromatic amines is 1. The Bertz CT molecular complexity index is 881. The van der Waals surface area contributed by atoms with E-state index in [0.717, 1.165) is 12.6 Å². The largest absolute Gasteiger partial charge is 0.432 e. The lowest BCUT2D eigenvalue weighted by molar-refractivity contribution is -0.141. The normalized spacial score (nSPS) is 22.9. The van der Waals surface area contributed by atoms with Gasteiger partial charge in [0.25, 0.3) is 0 Å². The molecular weight excluding hydrogens is 416 g/mol. The van der Waals surface area contributed by atoms with Crippen LogP contribution >= 0.6 is 23.2 Å². The van der Waals surface area contributed by atoms with Crippen molar-refractivity contribution >= 4 is 29.1 Å². The molecule has 2 saturated heterocycles. The minimum atomic E-state index is -4.45. The molecule has 10 heteroatoms. The maximum atomic E-state index is 12.7. The van der Waals surface area contributed by atoms with Gasteiger partial charge in [0.2, 0.25) is 5.91 Å². The number of rotatable bonds is 4. The number of aromatic nitrogens is 2. The third kappa shape index (κ3) is 3.60. The molecule has 1 aromatic carbocycles. The van der Waals surface area contributed by atoms with Crippen LogP contribution in [-0.2, 0) is 24.1 Å². The van der Waals surface area contributed by atoms with Gasteiger partial charge in [-0.25, -0.2) is 4.98 Å². The fourth-order valence-electron chi connectivity index (χ4n) is 4.04. The predicted octanol–water partition coefficient (Wildman–Crippen LogP) is 4.11. The van der Waals surface area contributed by atoms with E-state index in [1.54, 1.807) is 23.1 Å². The van der Waals surface area contributed by atoms with E-state index in [1.807, 2.05) is 4.90 Å². The number of hydrogen-bond acceptors (Lipinski definition) is 3. The Morgan fingerprint density at radius 2 is 1.89 bits per heavy atom. The third-order valence-electron chi connectivity index (χ3n) is 5.41. The van der Waals surface area contributed by atoms with Crippen molar-refractivity contribution in [3.05, 3.63) is 51.5 Å². The minimum Gasteiger partial charge on any atom is -0.337 e. The van der Waals surface area contributed by atoms with Crippen LogP contribution in [0.25, 0.3) is 0 Å². The van der Waals surface area contributed by atoms with Crippen molar-refractivity contribution < 1.29 is 18.0 Å². The third-order valence-corrected chi connectivity index (χ3v) is 6.11. The summed E-state index contributed by atoms with van der Waals surface area (Å²) < 4.78 is 38.2. The number of hydrogen-bond donors (Lipinski definition) is 1. The summed E-state index contributed by atoms with van der Waals surface area (Å²) in [4.78, 5) is 22.5. The Balaban J connectivity index is 1.47. The number of amides is 1. The fraction of sp³-hybridized carbons (Fsp3) is 0.444. The summed E-state index contributed by atoms with van der Waals surface area (Å²) in [6.45, 7) is 1.24. The summed E-state index contributed by atoms with van der Waals surface area (Å²) >= 11 is 12.5. The van der Waals surface area contributed by atoms with E-state index in [2.05, 4.69) is 9.97 Å². The van der Waals surface area contributed by atoms with Gasteiger partial charge in [-0.3, -0.25) is 9.69 Å². The first-order valence-corrected chi connectivity index (χ1v) is 9.57. The smallest absolute Gasteiger partial charge is 0.337 e. The number of carbonyl (C=O) groups excluding carboxylic acids is 1. The zero-order chi connectivity index (χ0) is 20.1. The summed E-state index contributed by atoms with van der Waals surface area (Å²) in [6.07, 6.45) is -2.59. The molecule has 0 unspecified atom stereocenters. The second kappa shape index (κ2) is 7.24. The highest BCUT2D eigenvalue weighted by atomic mass is 35.5. The van der Waals surface area contributed by atoms with Crippen molar-refractivity contribution in [2.45, 2.75) is 44.2 Å². The zero-order valence-electron chi connectivity index (χ0n) is 14.6. The van der Waals surface area contributed by atoms with Crippen LogP contribution in [0, 0.1) is 0 Å². The molecule has 0 bridgehead atoms. The molecule has 2 atom stereocenters. The lowest BCUT2D eigenvalue weighted by Gasteiger charge is -2.26. The van der Waals surface area contributed by atoms with Crippen LogP contribution in [0.2, 0.25) is 10.0 Å². The molecule has 2 aliphatic heterocycles. The van der Waals surface area contributed by atoms with Crippen LogP contribution in [0.3, 0.4) is 0 Å². The average molecular weight is 433 g/mol. The van der Waals surface area contributed by atoms with Crippen molar-refractivity contribution in [3.63, 3.8) is 0 Å². The van der Waals surface area contributed by atoms with Gasteiger partial charge in [-0.2, -0.15) is 13.2 Å². The summed E-state index contributed by atoms with van der Waals surface area (Å²) in [7, 11) is 0. The van der Waals surface area contributed by atoms with E-state index in [4.69, 9.17) is 23.2 Å². The van der Waals surface area contributed by atoms with E-state index >= 15 is 0 Å². The molecule has 150 valence electrons. The van der Waals surface area contributed by atoms with Crippen LogP contribution < -0.4 is 0 Å². The van der Waals surface area contributed by atoms with Gasteiger partial charge in [0.1, 0.15) is 11.5 Å². The summed E-state index contributed by atoms with van der Waals surface area (Å²) in [5.41, 5.74) is -0.158. The van der Waals surface area contributed by atoms with Crippen molar-refractivity contribution in [3.8, 4) is 0 Å². The fourth-order valence-corrected chi connectivity index (χ4v) is 4.56. The van der Waals surface area contributed by atoms with Gasteiger partial charge in [-0.05, 0) is 18.6 Å². The van der Waals surface area contributed by atoms with Gasteiger partial charge < -0.3 is 9.88 Å².